The molecule has 2 aromatic rings. The number of hydrogen-bond donors (Lipinski definition) is 3. The molecule has 28 heavy (non-hydrogen) atoms. The van der Waals surface area contributed by atoms with Crippen LogP contribution in [0.4, 0.5) is 11.4 Å². The minimum atomic E-state index is -0.132. The quantitative estimate of drug-likeness (QED) is 0.644. The molecule has 0 radical (unpaired) electrons. The van der Waals surface area contributed by atoms with E-state index in [4.69, 9.17) is 9.47 Å². The van der Waals surface area contributed by atoms with E-state index >= 15 is 0 Å². The van der Waals surface area contributed by atoms with Crippen LogP contribution >= 0.6 is 0 Å². The lowest BCUT2D eigenvalue weighted by Gasteiger charge is -2.17. The lowest BCUT2D eigenvalue weighted by atomic mass is 10.1. The van der Waals surface area contributed by atoms with E-state index in [2.05, 4.69) is 10.6 Å². The number of benzene rings is 2. The zero-order chi connectivity index (χ0) is 20.7. The smallest absolute Gasteiger partial charge is 0.279 e. The fraction of sp³-hybridized carbons (Fsp3) is 0.333. The third kappa shape index (κ3) is 5.99. The Bertz CT molecular complexity index is 834. The van der Waals surface area contributed by atoms with Crippen LogP contribution < -0.4 is 25.0 Å². The fourth-order valence-corrected chi connectivity index (χ4v) is 2.92. The van der Waals surface area contributed by atoms with Crippen molar-refractivity contribution in [1.82, 2.24) is 0 Å². The molecule has 0 aromatic heterocycles. The molecule has 2 rings (SSSR count). The van der Waals surface area contributed by atoms with Crippen LogP contribution in [0.5, 0.6) is 11.5 Å². The van der Waals surface area contributed by atoms with E-state index in [1.165, 1.54) is 6.92 Å². The van der Waals surface area contributed by atoms with Crippen LogP contribution in [-0.4, -0.2) is 39.6 Å². The summed E-state index contributed by atoms with van der Waals surface area (Å²) in [5.41, 5.74) is 3.57. The molecule has 2 aromatic carbocycles. The van der Waals surface area contributed by atoms with Gasteiger partial charge in [-0.3, -0.25) is 9.59 Å². The number of carbonyl (C=O) groups excluding carboxylic acids is 2. The van der Waals surface area contributed by atoms with Gasteiger partial charge in [0.2, 0.25) is 5.91 Å². The minimum Gasteiger partial charge on any atom is -0.493 e. The molecule has 150 valence electrons. The van der Waals surface area contributed by atoms with Crippen LogP contribution in [-0.2, 0) is 16.1 Å². The normalized spacial score (nSPS) is 11.5. The Morgan fingerprint density at radius 3 is 2.04 bits per heavy atom. The highest BCUT2D eigenvalue weighted by Crippen LogP contribution is 2.29. The van der Waals surface area contributed by atoms with Crippen molar-refractivity contribution in [2.45, 2.75) is 20.4 Å². The van der Waals surface area contributed by atoms with Gasteiger partial charge in [0, 0.05) is 23.9 Å². The summed E-state index contributed by atoms with van der Waals surface area (Å²) in [5, 5.41) is 5.57. The molecular weight excluding hydrogens is 358 g/mol. The molecule has 0 saturated carbocycles. The number of aryl methyl sites for hydroxylation is 1. The third-order valence-electron chi connectivity index (χ3n) is 4.29. The Labute approximate surface area is 165 Å². The Morgan fingerprint density at radius 2 is 1.50 bits per heavy atom. The Hall–Kier alpha value is -3.06. The Morgan fingerprint density at radius 1 is 0.964 bits per heavy atom. The Balaban J connectivity index is 1.94. The molecule has 7 heteroatoms. The number of amides is 2. The SMILES string of the molecule is COc1cc(C)c(C[NH+](C)CC(=O)Nc2ccc(NC(C)=O)cc2)cc1OC. The third-order valence-corrected chi connectivity index (χ3v) is 4.29. The Kier molecular flexibility index (Phi) is 7.40. The molecule has 0 aliphatic heterocycles. The van der Waals surface area contributed by atoms with E-state index in [9.17, 15) is 9.59 Å². The molecule has 0 spiro atoms. The number of rotatable bonds is 8. The maximum Gasteiger partial charge on any atom is 0.279 e. The predicted octanol–water partition coefficient (Wildman–Crippen LogP) is 1.62. The van der Waals surface area contributed by atoms with Crippen molar-refractivity contribution in [2.75, 3.05) is 38.4 Å². The molecule has 7 nitrogen and oxygen atoms in total. The molecule has 0 bridgehead atoms. The zero-order valence-electron chi connectivity index (χ0n) is 17.0. The number of quaternary nitrogens is 1. The molecule has 0 heterocycles. The maximum atomic E-state index is 12.3. The number of ether oxygens (including phenoxy) is 2. The second-order valence-electron chi connectivity index (χ2n) is 6.75. The summed E-state index contributed by atoms with van der Waals surface area (Å²) in [4.78, 5) is 24.4. The average Bonchev–Trinajstić information content (AvgIpc) is 2.64. The van der Waals surface area contributed by atoms with Gasteiger partial charge < -0.3 is 25.0 Å². The van der Waals surface area contributed by atoms with Crippen molar-refractivity contribution in [2.24, 2.45) is 0 Å². The van der Waals surface area contributed by atoms with E-state index in [1.54, 1.807) is 38.5 Å². The van der Waals surface area contributed by atoms with E-state index in [0.29, 0.717) is 36.0 Å². The summed E-state index contributed by atoms with van der Waals surface area (Å²) < 4.78 is 10.7. The molecule has 3 N–H and O–H groups in total. The lowest BCUT2D eigenvalue weighted by Crippen LogP contribution is -3.08. The molecule has 1 unspecified atom stereocenters. The summed E-state index contributed by atoms with van der Waals surface area (Å²) in [7, 11) is 5.19. The highest BCUT2D eigenvalue weighted by molar-refractivity contribution is 5.92. The van der Waals surface area contributed by atoms with E-state index in [0.717, 1.165) is 16.0 Å². The van der Waals surface area contributed by atoms with Gasteiger partial charge in [-0.2, -0.15) is 0 Å². The van der Waals surface area contributed by atoms with E-state index < -0.39 is 0 Å². The number of likely N-dealkylation sites (N-methyl/N-ethyl adjacent to an activating group) is 1. The maximum absolute atomic E-state index is 12.3. The number of methoxy groups -OCH3 is 2. The zero-order valence-corrected chi connectivity index (χ0v) is 17.0. The summed E-state index contributed by atoms with van der Waals surface area (Å²) >= 11 is 0. The second kappa shape index (κ2) is 9.75. The van der Waals surface area contributed by atoms with Gasteiger partial charge in [0.05, 0.1) is 21.3 Å². The topological polar surface area (TPSA) is 81.1 Å². The van der Waals surface area contributed by atoms with Crippen LogP contribution in [0, 0.1) is 6.92 Å². The van der Waals surface area contributed by atoms with E-state index in [-0.39, 0.29) is 11.8 Å². The van der Waals surface area contributed by atoms with Gasteiger partial charge in [-0.25, -0.2) is 0 Å². The summed E-state index contributed by atoms with van der Waals surface area (Å²) in [6.07, 6.45) is 0. The largest absolute Gasteiger partial charge is 0.493 e. The van der Waals surface area contributed by atoms with Gasteiger partial charge in [-0.1, -0.05) is 0 Å². The molecule has 0 saturated heterocycles. The van der Waals surface area contributed by atoms with Crippen LogP contribution in [0.15, 0.2) is 36.4 Å². The number of nitrogens with one attached hydrogen (secondary N) is 3. The second-order valence-corrected chi connectivity index (χ2v) is 6.75. The standard InChI is InChI=1S/C21H27N3O4/c1-14-10-19(27-4)20(28-5)11-16(14)12-24(3)13-21(26)23-18-8-6-17(7-9-18)22-15(2)25/h6-11H,12-13H2,1-5H3,(H,22,25)(H,23,26)/p+1. The van der Waals surface area contributed by atoms with Gasteiger partial charge in [0.1, 0.15) is 6.54 Å². The van der Waals surface area contributed by atoms with Crippen LogP contribution in [0.2, 0.25) is 0 Å². The highest BCUT2D eigenvalue weighted by atomic mass is 16.5. The number of anilines is 2. The molecule has 0 aliphatic rings. The van der Waals surface area contributed by atoms with Crippen LogP contribution in [0.1, 0.15) is 18.1 Å². The average molecular weight is 386 g/mol. The first kappa shape index (κ1) is 21.2. The van der Waals surface area contributed by atoms with E-state index in [1.807, 2.05) is 26.1 Å². The highest BCUT2D eigenvalue weighted by Gasteiger charge is 2.15. The summed E-state index contributed by atoms with van der Waals surface area (Å²) in [6, 6.07) is 10.9. The predicted molar refractivity (Wildman–Crippen MR) is 109 cm³/mol. The van der Waals surface area contributed by atoms with Crippen molar-refractivity contribution in [3.05, 3.63) is 47.5 Å². The molecule has 0 fully saturated rings. The van der Waals surface area contributed by atoms with Crippen LogP contribution in [0.25, 0.3) is 0 Å². The van der Waals surface area contributed by atoms with Crippen molar-refractivity contribution in [3.8, 4) is 11.5 Å². The molecule has 2 amide bonds. The fourth-order valence-electron chi connectivity index (χ4n) is 2.92. The molecular formula is C21H28N3O4+. The minimum absolute atomic E-state index is 0.0806. The van der Waals surface area contributed by atoms with Gasteiger partial charge in [0.25, 0.3) is 5.91 Å². The first-order valence-corrected chi connectivity index (χ1v) is 9.02. The summed E-state index contributed by atoms with van der Waals surface area (Å²) in [5.74, 6) is 1.16. The monoisotopic (exact) mass is 386 g/mol. The first-order chi connectivity index (χ1) is 13.3. The van der Waals surface area contributed by atoms with Crippen molar-refractivity contribution in [1.29, 1.82) is 0 Å². The van der Waals surface area contributed by atoms with Crippen molar-refractivity contribution >= 4 is 23.2 Å². The van der Waals surface area contributed by atoms with Crippen LogP contribution in [0.3, 0.4) is 0 Å². The van der Waals surface area contributed by atoms with Gasteiger partial charge in [-0.15, -0.1) is 0 Å². The lowest BCUT2D eigenvalue weighted by molar-refractivity contribution is -0.885. The van der Waals surface area contributed by atoms with Gasteiger partial charge in [0.15, 0.2) is 18.0 Å². The summed E-state index contributed by atoms with van der Waals surface area (Å²) in [6.45, 7) is 4.47. The number of hydrogen-bond acceptors (Lipinski definition) is 4. The van der Waals surface area contributed by atoms with Crippen molar-refractivity contribution in [3.63, 3.8) is 0 Å². The van der Waals surface area contributed by atoms with Crippen molar-refractivity contribution < 1.29 is 24.0 Å². The van der Waals surface area contributed by atoms with Gasteiger partial charge in [-0.05, 0) is 48.9 Å². The molecule has 1 atom stereocenters. The van der Waals surface area contributed by atoms with Gasteiger partial charge >= 0.3 is 0 Å². The number of carbonyl (C=O) groups is 2. The first-order valence-electron chi connectivity index (χ1n) is 9.02. The molecule has 0 aliphatic carbocycles.